The summed E-state index contributed by atoms with van der Waals surface area (Å²) in [5.41, 5.74) is 3.46. The van der Waals surface area contributed by atoms with Crippen LogP contribution < -0.4 is 6.15 Å². The largest absolute Gasteiger partial charge is 0.508 e. The zero-order valence-electron chi connectivity index (χ0n) is 12.3. The average Bonchev–Trinajstić information content (AvgIpc) is 2.26. The fourth-order valence-corrected chi connectivity index (χ4v) is 1.01. The van der Waals surface area contributed by atoms with Gasteiger partial charge < -0.3 is 11.3 Å². The molecule has 0 heterocycles. The van der Waals surface area contributed by atoms with Crippen LogP contribution >= 0.6 is 0 Å². The minimum absolute atomic E-state index is 0. The molecule has 0 fully saturated rings. The molecule has 0 saturated heterocycles. The maximum Gasteiger partial charge on any atom is 0.115 e. The Kier molecular flexibility index (Phi) is 14.8. The molecule has 3 heteroatoms. The molecule has 0 unspecified atom stereocenters. The minimum Gasteiger partial charge on any atom is -0.508 e. The quantitative estimate of drug-likeness (QED) is 0.732. The van der Waals surface area contributed by atoms with Gasteiger partial charge in [-0.05, 0) is 51.0 Å². The molecule has 19 heavy (non-hydrogen) atoms. The summed E-state index contributed by atoms with van der Waals surface area (Å²) in [7, 11) is 0. The van der Waals surface area contributed by atoms with E-state index in [1.165, 1.54) is 5.57 Å². The standard InChI is InChI=1S/C9H14.C7H8O.FH.H3N/c1-5-6-7-9(4)8(2)3;1-6-3-2-4-7(8)5-6;;/h5-7H,2H2,1,3-4H3;2-5,8H,1H3;1H;1H3/b6-5-,9-7-;;;. The van der Waals surface area contributed by atoms with E-state index in [1.54, 1.807) is 12.1 Å². The van der Waals surface area contributed by atoms with Crippen LogP contribution in [0.1, 0.15) is 26.3 Å². The first kappa shape index (κ1) is 22.3. The van der Waals surface area contributed by atoms with Gasteiger partial charge in [-0.3, -0.25) is 4.70 Å². The number of aryl methyl sites for hydroxylation is 1. The fourth-order valence-electron chi connectivity index (χ4n) is 1.01. The molecule has 0 amide bonds. The second kappa shape index (κ2) is 12.6. The van der Waals surface area contributed by atoms with Crippen LogP contribution in [0.15, 0.2) is 60.2 Å². The van der Waals surface area contributed by atoms with E-state index in [0.717, 1.165) is 11.1 Å². The van der Waals surface area contributed by atoms with Crippen molar-refractivity contribution in [3.63, 3.8) is 0 Å². The molecule has 2 nitrogen and oxygen atoms in total. The lowest BCUT2D eigenvalue weighted by molar-refractivity contribution is 0.475. The molecule has 0 aromatic heterocycles. The van der Waals surface area contributed by atoms with E-state index >= 15 is 0 Å². The van der Waals surface area contributed by atoms with Crippen LogP contribution in [0.4, 0.5) is 4.70 Å². The highest BCUT2D eigenvalue weighted by Crippen LogP contribution is 2.08. The molecule has 0 aliphatic rings. The molecule has 0 aliphatic heterocycles. The molecular weight excluding hydrogens is 241 g/mol. The van der Waals surface area contributed by atoms with Gasteiger partial charge >= 0.3 is 0 Å². The normalized spacial score (nSPS) is 9.79. The Labute approximate surface area is 116 Å². The van der Waals surface area contributed by atoms with Gasteiger partial charge in [0.1, 0.15) is 5.75 Å². The zero-order valence-corrected chi connectivity index (χ0v) is 12.3. The van der Waals surface area contributed by atoms with Gasteiger partial charge in [0, 0.05) is 0 Å². The molecule has 0 radical (unpaired) electrons. The zero-order chi connectivity index (χ0) is 13.3. The minimum atomic E-state index is 0. The lowest BCUT2D eigenvalue weighted by Gasteiger charge is -1.93. The van der Waals surface area contributed by atoms with E-state index < -0.39 is 0 Å². The molecule has 1 rings (SSSR count). The van der Waals surface area contributed by atoms with Crippen molar-refractivity contribution in [2.24, 2.45) is 0 Å². The number of halogens is 1. The van der Waals surface area contributed by atoms with Crippen molar-refractivity contribution in [1.82, 2.24) is 6.15 Å². The van der Waals surface area contributed by atoms with Crippen LogP contribution in [-0.2, 0) is 0 Å². The van der Waals surface area contributed by atoms with Gasteiger partial charge in [0.05, 0.1) is 0 Å². The molecule has 1 aromatic carbocycles. The summed E-state index contributed by atoms with van der Waals surface area (Å²) in [6, 6.07) is 7.15. The lowest BCUT2D eigenvalue weighted by Crippen LogP contribution is -1.72. The summed E-state index contributed by atoms with van der Waals surface area (Å²) in [6.45, 7) is 11.8. The Bertz CT molecular complexity index is 405. The predicted octanol–water partition coefficient (Wildman–Crippen LogP) is 5.10. The molecule has 0 saturated carbocycles. The number of hydrogen-bond donors (Lipinski definition) is 2. The summed E-state index contributed by atoms with van der Waals surface area (Å²) < 4.78 is 0. The van der Waals surface area contributed by atoms with Crippen LogP contribution in [-0.4, -0.2) is 5.11 Å². The second-order valence-corrected chi connectivity index (χ2v) is 3.99. The maximum atomic E-state index is 8.81. The van der Waals surface area contributed by atoms with Crippen molar-refractivity contribution < 1.29 is 9.81 Å². The lowest BCUT2D eigenvalue weighted by atomic mass is 10.1. The molecule has 4 N–H and O–H groups in total. The monoisotopic (exact) mass is 267 g/mol. The third kappa shape index (κ3) is 12.4. The van der Waals surface area contributed by atoms with Gasteiger partial charge in [-0.1, -0.05) is 42.5 Å². The topological polar surface area (TPSA) is 55.2 Å². The van der Waals surface area contributed by atoms with Crippen molar-refractivity contribution in [3.05, 3.63) is 65.8 Å². The summed E-state index contributed by atoms with van der Waals surface area (Å²) in [5, 5.41) is 8.81. The summed E-state index contributed by atoms with van der Waals surface area (Å²) in [5.74, 6) is 0.338. The van der Waals surface area contributed by atoms with Gasteiger partial charge in [0.25, 0.3) is 0 Å². The predicted molar refractivity (Wildman–Crippen MR) is 83.8 cm³/mol. The number of allylic oxidation sites excluding steroid dienone is 5. The average molecular weight is 267 g/mol. The summed E-state index contributed by atoms with van der Waals surface area (Å²) in [6.07, 6.45) is 6.08. The number of benzene rings is 1. The van der Waals surface area contributed by atoms with E-state index in [4.69, 9.17) is 5.11 Å². The Hall–Kier alpha value is -1.87. The number of rotatable bonds is 2. The molecule has 0 aliphatic carbocycles. The van der Waals surface area contributed by atoms with E-state index in [2.05, 4.69) is 19.6 Å². The van der Waals surface area contributed by atoms with Crippen LogP contribution in [0.25, 0.3) is 0 Å². The van der Waals surface area contributed by atoms with Crippen LogP contribution in [0.5, 0.6) is 5.75 Å². The smallest absolute Gasteiger partial charge is 0.115 e. The first-order chi connectivity index (χ1) is 7.97. The van der Waals surface area contributed by atoms with Crippen molar-refractivity contribution in [2.45, 2.75) is 27.7 Å². The Morgan fingerprint density at radius 3 is 2.16 bits per heavy atom. The number of phenols is 1. The first-order valence-electron chi connectivity index (χ1n) is 5.68. The van der Waals surface area contributed by atoms with E-state index in [0.29, 0.717) is 5.75 Å². The van der Waals surface area contributed by atoms with Crippen LogP contribution in [0, 0.1) is 6.92 Å². The number of phenolic OH excluding ortho intramolecular Hbond substituents is 1. The Morgan fingerprint density at radius 2 is 1.84 bits per heavy atom. The van der Waals surface area contributed by atoms with E-state index in [1.807, 2.05) is 45.1 Å². The summed E-state index contributed by atoms with van der Waals surface area (Å²) in [4.78, 5) is 0. The number of hydrogen-bond acceptors (Lipinski definition) is 2. The summed E-state index contributed by atoms with van der Waals surface area (Å²) >= 11 is 0. The highest BCUT2D eigenvalue weighted by molar-refractivity contribution is 5.27. The molecule has 0 bridgehead atoms. The van der Waals surface area contributed by atoms with E-state index in [-0.39, 0.29) is 10.9 Å². The molecule has 0 spiro atoms. The Morgan fingerprint density at radius 1 is 1.26 bits per heavy atom. The van der Waals surface area contributed by atoms with Crippen molar-refractivity contribution in [2.75, 3.05) is 0 Å². The van der Waals surface area contributed by atoms with Crippen molar-refractivity contribution in [3.8, 4) is 5.75 Å². The van der Waals surface area contributed by atoms with Crippen molar-refractivity contribution >= 4 is 0 Å². The number of aromatic hydroxyl groups is 1. The van der Waals surface area contributed by atoms with Crippen molar-refractivity contribution in [1.29, 1.82) is 0 Å². The van der Waals surface area contributed by atoms with E-state index in [9.17, 15) is 0 Å². The second-order valence-electron chi connectivity index (χ2n) is 3.99. The van der Waals surface area contributed by atoms with Gasteiger partial charge in [-0.15, -0.1) is 0 Å². The van der Waals surface area contributed by atoms with Gasteiger partial charge in [0.15, 0.2) is 0 Å². The highest BCUT2D eigenvalue weighted by Gasteiger charge is 1.83. The Balaban J connectivity index is -0.000000244. The van der Waals surface area contributed by atoms with Gasteiger partial charge in [-0.2, -0.15) is 0 Å². The van der Waals surface area contributed by atoms with Gasteiger partial charge in [0.2, 0.25) is 0 Å². The fraction of sp³-hybridized carbons (Fsp3) is 0.250. The maximum absolute atomic E-state index is 8.81. The molecule has 108 valence electrons. The third-order valence-electron chi connectivity index (χ3n) is 2.21. The molecule has 0 atom stereocenters. The molecular formula is C16H26FNO. The third-order valence-corrected chi connectivity index (χ3v) is 2.21. The van der Waals surface area contributed by atoms with Crippen LogP contribution in [0.2, 0.25) is 0 Å². The molecule has 1 aromatic rings. The SMILES string of the molecule is C=C(C)/C(C)=C\C=C/C.Cc1cccc(O)c1.F.N. The van der Waals surface area contributed by atoms with Gasteiger partial charge in [-0.25, -0.2) is 0 Å². The van der Waals surface area contributed by atoms with Crippen LogP contribution in [0.3, 0.4) is 0 Å². The first-order valence-corrected chi connectivity index (χ1v) is 5.68. The highest BCUT2D eigenvalue weighted by atomic mass is 19.0.